The Morgan fingerprint density at radius 1 is 1.02 bits per heavy atom. The van der Waals surface area contributed by atoms with Crippen LogP contribution in [0.3, 0.4) is 0 Å². The molecule has 1 atom stereocenters. The van der Waals surface area contributed by atoms with Crippen molar-refractivity contribution >= 4 is 22.8 Å². The summed E-state index contributed by atoms with van der Waals surface area (Å²) in [7, 11) is 2.16. The summed E-state index contributed by atoms with van der Waals surface area (Å²) in [6.07, 6.45) is 12.5. The van der Waals surface area contributed by atoms with Gasteiger partial charge in [-0.05, 0) is 62.7 Å². The number of likely N-dealkylation sites (N-methyl/N-ethyl adjacent to an activating group) is 1. The maximum Gasteiger partial charge on any atom is 0.246 e. The number of likely N-dealkylation sites (tertiary alicyclic amines) is 1. The van der Waals surface area contributed by atoms with Gasteiger partial charge in [0.2, 0.25) is 5.91 Å². The second kappa shape index (κ2) is 12.1. The van der Waals surface area contributed by atoms with Crippen LogP contribution in [0.1, 0.15) is 44.6 Å². The van der Waals surface area contributed by atoms with Crippen LogP contribution in [0.4, 0.5) is 5.82 Å². The lowest BCUT2D eigenvalue weighted by molar-refractivity contribution is -0.125. The smallest absolute Gasteiger partial charge is 0.246 e. The number of rotatable bonds is 8. The van der Waals surface area contributed by atoms with Crippen LogP contribution in [0.25, 0.3) is 22.3 Å². The van der Waals surface area contributed by atoms with E-state index in [1.165, 1.54) is 38.4 Å². The lowest BCUT2D eigenvalue weighted by atomic mass is 9.94. The van der Waals surface area contributed by atoms with Gasteiger partial charge in [-0.25, -0.2) is 14.6 Å². The van der Waals surface area contributed by atoms with Gasteiger partial charge < -0.3 is 15.4 Å². The van der Waals surface area contributed by atoms with Crippen molar-refractivity contribution < 1.29 is 9.53 Å². The molecular weight excluding hydrogens is 514 g/mol. The first kappa shape index (κ1) is 27.0. The summed E-state index contributed by atoms with van der Waals surface area (Å²) in [5.74, 6) is 1.94. The van der Waals surface area contributed by atoms with Gasteiger partial charge in [-0.1, -0.05) is 43.5 Å². The summed E-state index contributed by atoms with van der Waals surface area (Å²) >= 11 is 0. The molecule has 4 aromatic rings. The number of nitrogens with two attached hydrogens (primary N) is 1. The second-order valence-electron chi connectivity index (χ2n) is 11.1. The molecule has 0 radical (unpaired) electrons. The van der Waals surface area contributed by atoms with Gasteiger partial charge in [0.05, 0.1) is 11.4 Å². The zero-order valence-electron chi connectivity index (χ0n) is 23.5. The van der Waals surface area contributed by atoms with Gasteiger partial charge in [-0.3, -0.25) is 9.69 Å². The van der Waals surface area contributed by atoms with E-state index in [1.54, 1.807) is 6.08 Å². The van der Waals surface area contributed by atoms with Crippen LogP contribution < -0.4 is 10.5 Å². The molecule has 1 amide bonds. The molecule has 1 saturated carbocycles. The van der Waals surface area contributed by atoms with Gasteiger partial charge in [0.25, 0.3) is 0 Å². The molecule has 2 N–H and O–H groups in total. The van der Waals surface area contributed by atoms with E-state index in [0.29, 0.717) is 30.6 Å². The molecule has 0 spiro atoms. The van der Waals surface area contributed by atoms with E-state index in [4.69, 9.17) is 15.6 Å². The molecule has 6 rings (SSSR count). The number of hydrogen-bond donors (Lipinski definition) is 1. The number of carbonyl (C=O) groups is 1. The maximum atomic E-state index is 13.0. The summed E-state index contributed by atoms with van der Waals surface area (Å²) in [5.41, 5.74) is 8.64. The fourth-order valence-electron chi connectivity index (χ4n) is 6.00. The number of aromatic nitrogens is 4. The summed E-state index contributed by atoms with van der Waals surface area (Å²) in [6.45, 7) is 2.05. The molecule has 2 fully saturated rings. The van der Waals surface area contributed by atoms with Crippen molar-refractivity contribution in [2.75, 3.05) is 32.4 Å². The van der Waals surface area contributed by atoms with E-state index >= 15 is 0 Å². The van der Waals surface area contributed by atoms with E-state index in [1.807, 2.05) is 70.3 Å². The summed E-state index contributed by atoms with van der Waals surface area (Å²) in [4.78, 5) is 26.1. The van der Waals surface area contributed by atoms with Crippen molar-refractivity contribution in [1.29, 1.82) is 0 Å². The van der Waals surface area contributed by atoms with Crippen LogP contribution in [0, 0.1) is 0 Å². The number of para-hydroxylation sites is 1. The predicted octanol–water partition coefficient (Wildman–Crippen LogP) is 5.46. The third kappa shape index (κ3) is 5.95. The monoisotopic (exact) mass is 551 g/mol. The number of fused-ring (bicyclic) bond motifs is 1. The van der Waals surface area contributed by atoms with Gasteiger partial charge in [0.15, 0.2) is 5.65 Å². The van der Waals surface area contributed by atoms with Crippen molar-refractivity contribution in [2.45, 2.75) is 50.6 Å². The molecular formula is C32H37N7O2. The molecule has 3 heterocycles. The average Bonchev–Trinajstić information content (AvgIpc) is 3.65. The third-order valence-corrected chi connectivity index (χ3v) is 8.30. The lowest BCUT2D eigenvalue weighted by Gasteiger charge is -2.30. The first-order valence-corrected chi connectivity index (χ1v) is 14.5. The van der Waals surface area contributed by atoms with E-state index < -0.39 is 0 Å². The molecule has 1 unspecified atom stereocenters. The van der Waals surface area contributed by atoms with Gasteiger partial charge in [-0.2, -0.15) is 5.10 Å². The largest absolute Gasteiger partial charge is 0.457 e. The Morgan fingerprint density at radius 3 is 2.56 bits per heavy atom. The highest BCUT2D eigenvalue weighted by Gasteiger charge is 2.30. The Labute approximate surface area is 240 Å². The molecule has 2 aliphatic rings. The number of anilines is 1. The number of carbonyl (C=O) groups excluding carboxylic acids is 1. The predicted molar refractivity (Wildman–Crippen MR) is 161 cm³/mol. The summed E-state index contributed by atoms with van der Waals surface area (Å²) < 4.78 is 7.87. The van der Waals surface area contributed by atoms with E-state index in [-0.39, 0.29) is 11.9 Å². The van der Waals surface area contributed by atoms with Crippen LogP contribution >= 0.6 is 0 Å². The van der Waals surface area contributed by atoms with Crippen molar-refractivity contribution in [3.05, 3.63) is 73.1 Å². The molecule has 1 saturated heterocycles. The van der Waals surface area contributed by atoms with Crippen LogP contribution in [0.2, 0.25) is 0 Å². The Bertz CT molecular complexity index is 1510. The van der Waals surface area contributed by atoms with Crippen LogP contribution in [0.5, 0.6) is 11.5 Å². The van der Waals surface area contributed by atoms with Gasteiger partial charge in [-0.15, -0.1) is 0 Å². The first-order valence-electron chi connectivity index (χ1n) is 14.5. The molecule has 212 valence electrons. The number of hydrogen-bond acceptors (Lipinski definition) is 7. The minimum atomic E-state index is 0.00324. The minimum Gasteiger partial charge on any atom is -0.457 e. The molecule has 9 nitrogen and oxygen atoms in total. The molecule has 2 aromatic carbocycles. The van der Waals surface area contributed by atoms with Gasteiger partial charge in [0.1, 0.15) is 29.3 Å². The van der Waals surface area contributed by atoms with E-state index in [9.17, 15) is 4.79 Å². The van der Waals surface area contributed by atoms with Crippen molar-refractivity contribution in [1.82, 2.24) is 29.5 Å². The zero-order valence-corrected chi connectivity index (χ0v) is 23.5. The SMILES string of the molecule is CN(CC=CC(=O)N1CCC(n2nc(-c3ccc(Oc4ccccc4)cc3)c3c(N)ncnc32)C1)C1CCCCC1. The fraction of sp³-hybridized carbons (Fsp3) is 0.375. The molecule has 1 aliphatic carbocycles. The topological polar surface area (TPSA) is 102 Å². The number of nitrogen functional groups attached to an aromatic ring is 1. The fourth-order valence-corrected chi connectivity index (χ4v) is 6.00. The second-order valence-corrected chi connectivity index (χ2v) is 11.1. The Kier molecular flexibility index (Phi) is 7.95. The van der Waals surface area contributed by atoms with Crippen LogP contribution in [-0.4, -0.2) is 68.2 Å². The Balaban J connectivity index is 1.16. The highest BCUT2D eigenvalue weighted by Crippen LogP contribution is 2.35. The highest BCUT2D eigenvalue weighted by atomic mass is 16.5. The summed E-state index contributed by atoms with van der Waals surface area (Å²) in [6, 6.07) is 18.1. The zero-order chi connectivity index (χ0) is 28.2. The van der Waals surface area contributed by atoms with Crippen molar-refractivity contribution in [2.24, 2.45) is 0 Å². The Morgan fingerprint density at radius 2 is 1.78 bits per heavy atom. The number of ether oxygens (including phenoxy) is 1. The lowest BCUT2D eigenvalue weighted by Crippen LogP contribution is -2.33. The molecule has 2 aromatic heterocycles. The molecule has 41 heavy (non-hydrogen) atoms. The minimum absolute atomic E-state index is 0.00324. The standard InChI is InChI=1S/C32H37N7O2/c1-37(24-9-4-2-5-10-24)19-8-13-28(40)38-20-18-25(21-38)39-32-29(31(33)34-22-35-32)30(36-39)23-14-16-27(17-15-23)41-26-11-6-3-7-12-26/h3,6-8,11-17,22,24-25H,2,4-5,9-10,18-21H2,1H3,(H2,33,34,35). The molecule has 9 heteroatoms. The highest BCUT2D eigenvalue weighted by molar-refractivity contribution is 5.98. The van der Waals surface area contributed by atoms with E-state index in [2.05, 4.69) is 21.9 Å². The number of nitrogens with zero attached hydrogens (tertiary/aromatic N) is 6. The summed E-state index contributed by atoms with van der Waals surface area (Å²) in [5, 5.41) is 5.70. The van der Waals surface area contributed by atoms with Crippen LogP contribution in [0.15, 0.2) is 73.1 Å². The van der Waals surface area contributed by atoms with Crippen molar-refractivity contribution in [3.8, 4) is 22.8 Å². The normalized spacial score (nSPS) is 18.1. The number of amides is 1. The number of benzene rings is 2. The van der Waals surface area contributed by atoms with Crippen molar-refractivity contribution in [3.63, 3.8) is 0 Å². The molecule has 1 aliphatic heterocycles. The first-order chi connectivity index (χ1) is 20.1. The quantitative estimate of drug-likeness (QED) is 0.290. The van der Waals surface area contributed by atoms with E-state index in [0.717, 1.165) is 41.1 Å². The third-order valence-electron chi connectivity index (χ3n) is 8.30. The maximum absolute atomic E-state index is 13.0. The van der Waals surface area contributed by atoms with Crippen LogP contribution in [-0.2, 0) is 4.79 Å². The van der Waals surface area contributed by atoms with Gasteiger partial charge in [0, 0.05) is 37.3 Å². The van der Waals surface area contributed by atoms with Gasteiger partial charge >= 0.3 is 0 Å². The Hall–Kier alpha value is -4.24. The molecule has 0 bridgehead atoms. The average molecular weight is 552 g/mol.